The number of rotatable bonds is 19. The molecule has 4 atom stereocenters. The molecule has 1 aliphatic heterocycles. The van der Waals surface area contributed by atoms with Crippen molar-refractivity contribution in [1.29, 1.82) is 0 Å². The number of hydrogen-bond donors (Lipinski definition) is 7. The predicted molar refractivity (Wildman–Crippen MR) is 164 cm³/mol. The van der Waals surface area contributed by atoms with Crippen LogP contribution < -0.4 is 16.4 Å². The first kappa shape index (κ1) is 40.2. The summed E-state index contributed by atoms with van der Waals surface area (Å²) >= 11 is 0.599. The van der Waals surface area contributed by atoms with Crippen molar-refractivity contribution < 1.29 is 58.8 Å². The number of nitrogens with two attached hydrogens (primary N) is 1. The fourth-order valence-corrected chi connectivity index (χ4v) is 6.04. The van der Waals surface area contributed by atoms with E-state index in [1.807, 2.05) is 11.6 Å². The summed E-state index contributed by atoms with van der Waals surface area (Å²) in [6, 6.07) is 1.52. The number of hydrogen-bond acceptors (Lipinski definition) is 9. The Morgan fingerprint density at radius 1 is 0.739 bits per heavy atom. The maximum absolute atomic E-state index is 12.4. The molecule has 0 spiro atoms. The van der Waals surface area contributed by atoms with Crippen LogP contribution >= 0.6 is 0 Å². The molecule has 1 aromatic rings. The summed E-state index contributed by atoms with van der Waals surface area (Å²) in [5.41, 5.74) is 5.72. The topological polar surface area (TPSA) is 271 Å². The van der Waals surface area contributed by atoms with Crippen LogP contribution in [0.25, 0.3) is 0 Å². The summed E-state index contributed by atoms with van der Waals surface area (Å²) < 4.78 is 0. The van der Waals surface area contributed by atoms with Crippen LogP contribution in [-0.4, -0.2) is 127 Å². The van der Waals surface area contributed by atoms with E-state index in [1.54, 1.807) is 12.1 Å². The molecule has 254 valence electrons. The van der Waals surface area contributed by atoms with Crippen LogP contribution in [0.3, 0.4) is 0 Å². The number of carboxylic acid groups (broad SMARTS) is 4. The van der Waals surface area contributed by atoms with Gasteiger partial charge in [0.1, 0.15) is 0 Å². The predicted octanol–water partition coefficient (Wildman–Crippen LogP) is -0.0453. The van der Waals surface area contributed by atoms with E-state index in [0.29, 0.717) is 38.0 Å². The number of nitrogens with zero attached hydrogens (tertiary/aromatic N) is 1. The van der Waals surface area contributed by atoms with Gasteiger partial charge in [-0.3, -0.25) is 0 Å². The number of imide groups is 1. The molecular formula is C28H38N4O12Se2. The van der Waals surface area contributed by atoms with Crippen molar-refractivity contribution in [3.8, 4) is 0 Å². The Bertz CT molecular complexity index is 1260. The van der Waals surface area contributed by atoms with Crippen molar-refractivity contribution in [2.75, 3.05) is 0 Å². The minimum atomic E-state index is -1.51. The summed E-state index contributed by atoms with van der Waals surface area (Å²) in [5, 5.41) is 42.1. The fourth-order valence-electron chi connectivity index (χ4n) is 4.06. The molecule has 46 heavy (non-hydrogen) atoms. The zero-order valence-electron chi connectivity index (χ0n) is 25.2. The molecule has 0 unspecified atom stereocenters. The van der Waals surface area contributed by atoms with Gasteiger partial charge < -0.3 is 0 Å². The molecule has 8 N–H and O–H groups in total. The van der Waals surface area contributed by atoms with Crippen LogP contribution in [0.1, 0.15) is 59.2 Å². The third kappa shape index (κ3) is 12.9. The van der Waals surface area contributed by atoms with E-state index in [-0.39, 0.29) is 51.8 Å². The van der Waals surface area contributed by atoms with Crippen LogP contribution in [-0.2, 0) is 28.8 Å². The van der Waals surface area contributed by atoms with Crippen molar-refractivity contribution >= 4 is 77.4 Å². The number of fused-ring (bicyclic) bond motifs is 1. The molecule has 0 aliphatic carbocycles. The molecule has 1 heterocycles. The van der Waals surface area contributed by atoms with Gasteiger partial charge in [-0.2, -0.15) is 0 Å². The monoisotopic (exact) mass is 782 g/mol. The van der Waals surface area contributed by atoms with E-state index in [1.165, 1.54) is 12.1 Å². The Balaban J connectivity index is 0.000000510. The molecule has 4 amide bonds. The van der Waals surface area contributed by atoms with Crippen molar-refractivity contribution in [3.05, 3.63) is 35.4 Å². The maximum atomic E-state index is 12.4. The van der Waals surface area contributed by atoms with Gasteiger partial charge in [-0.15, -0.1) is 0 Å². The first-order valence-corrected chi connectivity index (χ1v) is 19.7. The third-order valence-electron chi connectivity index (χ3n) is 6.54. The summed E-state index contributed by atoms with van der Waals surface area (Å²) in [6.45, 7) is 0. The van der Waals surface area contributed by atoms with Gasteiger partial charge in [0.2, 0.25) is 0 Å². The Kier molecular flexibility index (Phi) is 17.8. The van der Waals surface area contributed by atoms with E-state index in [2.05, 4.69) is 10.6 Å². The van der Waals surface area contributed by atoms with Crippen molar-refractivity contribution in [1.82, 2.24) is 15.5 Å². The standard InChI is InChI=1S/C18H20N2O7Se.C10H18N2O5Se/c1-28-9-8-12(17(24)25)19-14(21)7-6-13(18(26)27)20-15(22)10-4-2-3-5-11(10)16(20)23;1-18-5-4-7(10(16)17)12-9(15)6(11)2-3-8(13)14/h2-5,12-13H,6-9H2,1H3,(H,19,21)(H,24,25)(H,26,27);6-7H,2-5,11H2,1H3,(H,12,15)(H,13,14)(H,16,17)/t12-,13-;6-,7-/m00/s1. The second-order valence-corrected chi connectivity index (χ2v) is 14.0. The van der Waals surface area contributed by atoms with Crippen LogP contribution in [0.4, 0.5) is 0 Å². The van der Waals surface area contributed by atoms with E-state index in [0.717, 1.165) is 5.32 Å². The SMILES string of the molecule is C[Se]CC[C@H](NC(=O)CC[C@@H](C(=O)O)N1C(=O)c2ccccc2C1=O)C(=O)O.C[Se]CC[C@H](NC(=O)[C@@H](N)CCC(=O)O)C(=O)O. The molecule has 16 nitrogen and oxygen atoms in total. The molecule has 0 aromatic heterocycles. The molecular weight excluding hydrogens is 742 g/mol. The number of amides is 4. The van der Waals surface area contributed by atoms with Gasteiger partial charge in [0.15, 0.2) is 0 Å². The minimum absolute atomic E-state index is 0.00871. The quantitative estimate of drug-likeness (QED) is 0.0718. The molecule has 18 heteroatoms. The molecule has 0 bridgehead atoms. The molecule has 1 aliphatic rings. The first-order chi connectivity index (χ1) is 21.7. The number of carboxylic acids is 4. The zero-order valence-corrected chi connectivity index (χ0v) is 28.6. The van der Waals surface area contributed by atoms with Crippen molar-refractivity contribution in [2.45, 2.75) is 85.0 Å². The second-order valence-electron chi connectivity index (χ2n) is 9.88. The average Bonchev–Trinajstić information content (AvgIpc) is 3.25. The molecule has 1 aromatic carbocycles. The van der Waals surface area contributed by atoms with E-state index < -0.39 is 71.7 Å². The Hall–Kier alpha value is -3.82. The molecule has 0 saturated heterocycles. The van der Waals surface area contributed by atoms with Gasteiger partial charge in [-0.25, -0.2) is 0 Å². The molecule has 2 rings (SSSR count). The summed E-state index contributed by atoms with van der Waals surface area (Å²) in [7, 11) is 0. The zero-order chi connectivity index (χ0) is 35.0. The number of benzene rings is 1. The van der Waals surface area contributed by atoms with Crippen LogP contribution in [0.2, 0.25) is 22.3 Å². The van der Waals surface area contributed by atoms with Crippen LogP contribution in [0.15, 0.2) is 24.3 Å². The number of nitrogens with one attached hydrogen (secondary N) is 2. The average molecular weight is 781 g/mol. The normalized spacial score (nSPS) is 14.5. The Morgan fingerprint density at radius 3 is 1.63 bits per heavy atom. The summed E-state index contributed by atoms with van der Waals surface area (Å²) in [6.07, 6.45) is -0.209. The Morgan fingerprint density at radius 2 is 1.22 bits per heavy atom. The van der Waals surface area contributed by atoms with Gasteiger partial charge >= 0.3 is 266 Å². The Labute approximate surface area is 277 Å². The second kappa shape index (κ2) is 20.3. The first-order valence-electron chi connectivity index (χ1n) is 13.9. The van der Waals surface area contributed by atoms with Gasteiger partial charge in [-0.1, -0.05) is 12.1 Å². The fraction of sp³-hybridized carbons (Fsp3) is 0.500. The van der Waals surface area contributed by atoms with Gasteiger partial charge in [0.25, 0.3) is 0 Å². The summed E-state index contributed by atoms with van der Waals surface area (Å²) in [4.78, 5) is 93.2. The number of carbonyl (C=O) groups is 8. The van der Waals surface area contributed by atoms with E-state index >= 15 is 0 Å². The van der Waals surface area contributed by atoms with Gasteiger partial charge in [0.05, 0.1) is 0 Å². The number of aliphatic carboxylic acids is 4. The van der Waals surface area contributed by atoms with Crippen LogP contribution in [0.5, 0.6) is 0 Å². The molecule has 0 saturated carbocycles. The van der Waals surface area contributed by atoms with Crippen molar-refractivity contribution in [3.63, 3.8) is 0 Å². The molecule has 0 fully saturated rings. The molecule has 0 radical (unpaired) electrons. The summed E-state index contributed by atoms with van der Waals surface area (Å²) in [5.74, 6) is -3.48. The van der Waals surface area contributed by atoms with Crippen molar-refractivity contribution in [2.24, 2.45) is 5.73 Å². The van der Waals surface area contributed by atoms with Gasteiger partial charge in [0, 0.05) is 0 Å². The number of carbonyl (C=O) groups excluding carboxylic acids is 4. The van der Waals surface area contributed by atoms with Crippen LogP contribution in [0, 0.1) is 0 Å². The van der Waals surface area contributed by atoms with E-state index in [4.69, 9.17) is 21.1 Å². The van der Waals surface area contributed by atoms with Gasteiger partial charge in [-0.05, 0) is 0 Å². The third-order valence-corrected chi connectivity index (χ3v) is 9.24. The van der Waals surface area contributed by atoms with E-state index in [9.17, 15) is 43.5 Å².